The molecule has 0 spiro atoms. The number of hydrogen-bond acceptors (Lipinski definition) is 5. The van der Waals surface area contributed by atoms with Gasteiger partial charge in [0.1, 0.15) is 22.3 Å². The topological polar surface area (TPSA) is 65.0 Å². The second-order valence-corrected chi connectivity index (χ2v) is 15.5. The van der Waals surface area contributed by atoms with Crippen LogP contribution in [0, 0.1) is 0 Å². The largest absolute Gasteiger partial charge is 0.456 e. The van der Waals surface area contributed by atoms with Crippen molar-refractivity contribution in [3.05, 3.63) is 188 Å². The standard InChI is InChI=1S/C55H31N3O2/c1-2-13-35-33(12-1)30-46(39-17-6-3-14-36(35)39)55-57-53(34-25-24-32-26-29-50-52(45(32)31-34)44-19-8-10-22-48(44)60-50)56-54(58-55)42-28-27-40(37-15-4-5-16-38(37)42)41-20-11-23-49-51(41)43-18-7-9-21-47(43)59-49/h1-31H. The van der Waals surface area contributed by atoms with E-state index in [1.807, 2.05) is 30.3 Å². The van der Waals surface area contributed by atoms with E-state index < -0.39 is 0 Å². The number of rotatable bonds is 4. The quantitative estimate of drug-likeness (QED) is 0.167. The predicted octanol–water partition coefficient (Wildman–Crippen LogP) is 15.0. The summed E-state index contributed by atoms with van der Waals surface area (Å²) in [7, 11) is 0. The van der Waals surface area contributed by atoms with Crippen molar-refractivity contribution in [2.45, 2.75) is 0 Å². The van der Waals surface area contributed by atoms with E-state index in [1.54, 1.807) is 0 Å². The normalized spacial score (nSPS) is 12.0. The Hall–Kier alpha value is -8.15. The van der Waals surface area contributed by atoms with E-state index in [1.165, 1.54) is 5.39 Å². The minimum atomic E-state index is 0.599. The lowest BCUT2D eigenvalue weighted by Crippen LogP contribution is -2.01. The lowest BCUT2D eigenvalue weighted by Gasteiger charge is -2.15. The van der Waals surface area contributed by atoms with E-state index in [0.29, 0.717) is 17.5 Å². The van der Waals surface area contributed by atoms with Crippen LogP contribution < -0.4 is 0 Å². The Balaban J connectivity index is 1.08. The van der Waals surface area contributed by atoms with Gasteiger partial charge in [-0.1, -0.05) is 146 Å². The fraction of sp³-hybridized carbons (Fsp3) is 0. The third kappa shape index (κ3) is 4.90. The number of benzene rings is 10. The molecular formula is C55H31N3O2. The molecule has 3 aromatic heterocycles. The molecule has 0 aliphatic rings. The van der Waals surface area contributed by atoms with Gasteiger partial charge in [-0.25, -0.2) is 15.0 Å². The van der Waals surface area contributed by atoms with Gasteiger partial charge in [-0.05, 0) is 96.7 Å². The Morgan fingerprint density at radius 1 is 0.267 bits per heavy atom. The van der Waals surface area contributed by atoms with Gasteiger partial charge in [0.15, 0.2) is 17.5 Å². The molecular weight excluding hydrogens is 735 g/mol. The van der Waals surface area contributed by atoms with Gasteiger partial charge in [0.25, 0.3) is 0 Å². The zero-order chi connectivity index (χ0) is 39.3. The summed E-state index contributed by atoms with van der Waals surface area (Å²) in [5, 5.41) is 13.3. The molecule has 5 nitrogen and oxygen atoms in total. The van der Waals surface area contributed by atoms with Crippen LogP contribution in [0.1, 0.15) is 0 Å². The summed E-state index contributed by atoms with van der Waals surface area (Å²) in [6.07, 6.45) is 0. The van der Waals surface area contributed by atoms with E-state index in [2.05, 4.69) is 158 Å². The number of fused-ring (bicyclic) bond motifs is 12. The van der Waals surface area contributed by atoms with Gasteiger partial charge in [-0.2, -0.15) is 0 Å². The van der Waals surface area contributed by atoms with Gasteiger partial charge < -0.3 is 8.83 Å². The Morgan fingerprint density at radius 3 is 1.57 bits per heavy atom. The van der Waals surface area contributed by atoms with Crippen molar-refractivity contribution in [2.75, 3.05) is 0 Å². The number of hydrogen-bond donors (Lipinski definition) is 0. The number of para-hydroxylation sites is 2. The Morgan fingerprint density at radius 2 is 0.800 bits per heavy atom. The molecule has 0 saturated heterocycles. The van der Waals surface area contributed by atoms with E-state index >= 15 is 0 Å². The van der Waals surface area contributed by atoms with Crippen LogP contribution in [0.4, 0.5) is 0 Å². The first-order valence-electron chi connectivity index (χ1n) is 20.2. The molecule has 0 bridgehead atoms. The van der Waals surface area contributed by atoms with Crippen LogP contribution in [0.25, 0.3) is 132 Å². The molecule has 0 radical (unpaired) electrons. The molecule has 0 saturated carbocycles. The second-order valence-electron chi connectivity index (χ2n) is 15.5. The third-order valence-corrected chi connectivity index (χ3v) is 12.1. The molecule has 0 aliphatic carbocycles. The smallest absolute Gasteiger partial charge is 0.164 e. The van der Waals surface area contributed by atoms with E-state index in [-0.39, 0.29) is 0 Å². The van der Waals surface area contributed by atoms with Gasteiger partial charge in [-0.3, -0.25) is 0 Å². The first-order chi connectivity index (χ1) is 29.7. The SMILES string of the molecule is c1ccc2c(c1)cc(-c1nc(-c3ccc4ccc5oc6ccccc6c5c4c3)nc(-c3ccc(-c4cccc5oc6ccccc6c45)c4ccccc34)n1)c1ccccc12. The van der Waals surface area contributed by atoms with Crippen LogP contribution >= 0.6 is 0 Å². The number of furan rings is 2. The van der Waals surface area contributed by atoms with Crippen LogP contribution in [0.5, 0.6) is 0 Å². The maximum Gasteiger partial charge on any atom is 0.164 e. The molecule has 10 aromatic carbocycles. The molecule has 278 valence electrons. The van der Waals surface area contributed by atoms with Crippen molar-refractivity contribution < 1.29 is 8.83 Å². The van der Waals surface area contributed by atoms with E-state index in [9.17, 15) is 0 Å². The average molecular weight is 766 g/mol. The summed E-state index contributed by atoms with van der Waals surface area (Å²) in [6, 6.07) is 65.7. The fourth-order valence-corrected chi connectivity index (χ4v) is 9.40. The van der Waals surface area contributed by atoms with Gasteiger partial charge >= 0.3 is 0 Å². The molecule has 0 unspecified atom stereocenters. The van der Waals surface area contributed by atoms with E-state index in [4.69, 9.17) is 23.8 Å². The zero-order valence-corrected chi connectivity index (χ0v) is 32.1. The van der Waals surface area contributed by atoms with Crippen molar-refractivity contribution >= 4 is 87.0 Å². The Bertz CT molecular complexity index is 3910. The highest BCUT2D eigenvalue weighted by molar-refractivity contribution is 6.20. The van der Waals surface area contributed by atoms with Gasteiger partial charge in [0.2, 0.25) is 0 Å². The third-order valence-electron chi connectivity index (χ3n) is 12.1. The molecule has 13 aromatic rings. The van der Waals surface area contributed by atoms with Crippen molar-refractivity contribution in [2.24, 2.45) is 0 Å². The van der Waals surface area contributed by atoms with Crippen molar-refractivity contribution in [1.82, 2.24) is 15.0 Å². The summed E-state index contributed by atoms with van der Waals surface area (Å²) in [4.78, 5) is 16.1. The first-order valence-corrected chi connectivity index (χ1v) is 20.2. The molecule has 0 amide bonds. The van der Waals surface area contributed by atoms with Crippen molar-refractivity contribution in [3.8, 4) is 45.3 Å². The van der Waals surface area contributed by atoms with Crippen LogP contribution in [0.15, 0.2) is 197 Å². The predicted molar refractivity (Wildman–Crippen MR) is 246 cm³/mol. The first kappa shape index (κ1) is 32.9. The minimum absolute atomic E-state index is 0.599. The van der Waals surface area contributed by atoms with Gasteiger partial charge in [0, 0.05) is 38.2 Å². The molecule has 13 rings (SSSR count). The van der Waals surface area contributed by atoms with Crippen LogP contribution in [0.2, 0.25) is 0 Å². The lowest BCUT2D eigenvalue weighted by atomic mass is 9.92. The maximum absolute atomic E-state index is 6.32. The van der Waals surface area contributed by atoms with Gasteiger partial charge in [0.05, 0.1) is 0 Å². The summed E-state index contributed by atoms with van der Waals surface area (Å²) in [5.41, 5.74) is 8.48. The highest BCUT2D eigenvalue weighted by atomic mass is 16.3. The lowest BCUT2D eigenvalue weighted by molar-refractivity contribution is 0.668. The molecule has 0 fully saturated rings. The molecule has 3 heterocycles. The highest BCUT2D eigenvalue weighted by Crippen LogP contribution is 2.43. The Labute approximate surface area is 342 Å². The zero-order valence-electron chi connectivity index (χ0n) is 32.1. The molecule has 60 heavy (non-hydrogen) atoms. The van der Waals surface area contributed by atoms with E-state index in [0.717, 1.165) is 109 Å². The average Bonchev–Trinajstić information content (AvgIpc) is 3.90. The molecule has 0 aliphatic heterocycles. The fourth-order valence-electron chi connectivity index (χ4n) is 9.40. The van der Waals surface area contributed by atoms with Gasteiger partial charge in [-0.15, -0.1) is 0 Å². The summed E-state index contributed by atoms with van der Waals surface area (Å²) in [5.74, 6) is 1.82. The van der Waals surface area contributed by atoms with Crippen LogP contribution in [-0.2, 0) is 0 Å². The highest BCUT2D eigenvalue weighted by Gasteiger charge is 2.21. The maximum atomic E-state index is 6.32. The van der Waals surface area contributed by atoms with Crippen molar-refractivity contribution in [1.29, 1.82) is 0 Å². The second kappa shape index (κ2) is 12.7. The monoisotopic (exact) mass is 765 g/mol. The van der Waals surface area contributed by atoms with Crippen LogP contribution in [0.3, 0.4) is 0 Å². The molecule has 0 N–H and O–H groups in total. The molecule has 0 atom stereocenters. The van der Waals surface area contributed by atoms with Crippen molar-refractivity contribution in [3.63, 3.8) is 0 Å². The number of aromatic nitrogens is 3. The minimum Gasteiger partial charge on any atom is -0.456 e. The Kier molecular flexibility index (Phi) is 6.95. The summed E-state index contributed by atoms with van der Waals surface area (Å²) in [6.45, 7) is 0. The molecule has 5 heteroatoms. The summed E-state index contributed by atoms with van der Waals surface area (Å²) < 4.78 is 12.6. The summed E-state index contributed by atoms with van der Waals surface area (Å²) >= 11 is 0. The number of nitrogens with zero attached hydrogens (tertiary/aromatic N) is 3. The van der Waals surface area contributed by atoms with Crippen LogP contribution in [-0.4, -0.2) is 15.0 Å².